The first-order valence-electron chi connectivity index (χ1n) is 7.58. The number of anilines is 1. The quantitative estimate of drug-likeness (QED) is 0.574. The van der Waals surface area contributed by atoms with Gasteiger partial charge in [0.05, 0.1) is 18.8 Å². The summed E-state index contributed by atoms with van der Waals surface area (Å²) in [6.45, 7) is 3.58. The number of hydrogen-bond donors (Lipinski definition) is 1. The Morgan fingerprint density at radius 1 is 1.09 bits per heavy atom. The Morgan fingerprint density at radius 2 is 1.78 bits per heavy atom. The molecular formula is C18H20ClNO3. The minimum atomic E-state index is -0.296. The van der Waals surface area contributed by atoms with Gasteiger partial charge in [-0.25, -0.2) is 4.79 Å². The molecule has 1 N–H and O–H groups in total. The molecule has 0 atom stereocenters. The number of nitrogens with one attached hydrogen (secondary N) is 1. The summed E-state index contributed by atoms with van der Waals surface area (Å²) in [5.74, 6) is 0.517. The Hall–Kier alpha value is -2.20. The summed E-state index contributed by atoms with van der Waals surface area (Å²) in [5.41, 5.74) is 1.52. The molecule has 0 aliphatic rings. The number of hydrogen-bond acceptors (Lipinski definition) is 4. The zero-order valence-corrected chi connectivity index (χ0v) is 13.8. The van der Waals surface area contributed by atoms with Crippen molar-refractivity contribution < 1.29 is 14.3 Å². The van der Waals surface area contributed by atoms with Crippen LogP contribution in [0.15, 0.2) is 48.5 Å². The SMILES string of the molecule is CCOC(=O)c1ccc(NCCCOc2ccc(Cl)cc2)cc1. The van der Waals surface area contributed by atoms with Gasteiger partial charge in [0.2, 0.25) is 0 Å². The third-order valence-electron chi connectivity index (χ3n) is 3.13. The number of carbonyl (C=O) groups is 1. The normalized spacial score (nSPS) is 10.2. The van der Waals surface area contributed by atoms with Gasteiger partial charge >= 0.3 is 5.97 Å². The standard InChI is InChI=1S/C18H20ClNO3/c1-2-22-18(21)14-4-8-16(9-5-14)20-12-3-13-23-17-10-6-15(19)7-11-17/h4-11,20H,2-3,12-13H2,1H3. The van der Waals surface area contributed by atoms with Crippen LogP contribution in [0.2, 0.25) is 5.02 Å². The second-order valence-electron chi connectivity index (χ2n) is 4.88. The van der Waals surface area contributed by atoms with Crippen molar-refractivity contribution in [3.63, 3.8) is 0 Å². The molecule has 5 heteroatoms. The molecule has 0 saturated heterocycles. The first kappa shape index (κ1) is 17.2. The molecule has 2 aromatic carbocycles. The molecule has 0 saturated carbocycles. The molecule has 23 heavy (non-hydrogen) atoms. The van der Waals surface area contributed by atoms with E-state index in [2.05, 4.69) is 5.32 Å². The second-order valence-corrected chi connectivity index (χ2v) is 5.32. The van der Waals surface area contributed by atoms with E-state index in [0.717, 1.165) is 24.4 Å². The van der Waals surface area contributed by atoms with Crippen LogP contribution in [0, 0.1) is 0 Å². The van der Waals surface area contributed by atoms with Crippen LogP contribution in [0.1, 0.15) is 23.7 Å². The highest BCUT2D eigenvalue weighted by Gasteiger charge is 2.05. The van der Waals surface area contributed by atoms with Gasteiger partial charge in [-0.1, -0.05) is 11.6 Å². The van der Waals surface area contributed by atoms with Crippen LogP contribution in [0.5, 0.6) is 5.75 Å². The lowest BCUT2D eigenvalue weighted by molar-refractivity contribution is 0.0526. The first-order valence-corrected chi connectivity index (χ1v) is 7.96. The van der Waals surface area contributed by atoms with Gasteiger partial charge in [-0.3, -0.25) is 0 Å². The zero-order valence-electron chi connectivity index (χ0n) is 13.0. The lowest BCUT2D eigenvalue weighted by Gasteiger charge is -2.09. The molecule has 0 aliphatic heterocycles. The smallest absolute Gasteiger partial charge is 0.338 e. The third-order valence-corrected chi connectivity index (χ3v) is 3.38. The van der Waals surface area contributed by atoms with E-state index in [-0.39, 0.29) is 5.97 Å². The summed E-state index contributed by atoms with van der Waals surface area (Å²) in [7, 11) is 0. The average Bonchev–Trinajstić information content (AvgIpc) is 2.57. The van der Waals surface area contributed by atoms with Crippen LogP contribution in [0.4, 0.5) is 5.69 Å². The molecule has 122 valence electrons. The van der Waals surface area contributed by atoms with Crippen molar-refractivity contribution in [1.82, 2.24) is 0 Å². The monoisotopic (exact) mass is 333 g/mol. The zero-order chi connectivity index (χ0) is 16.5. The van der Waals surface area contributed by atoms with Gasteiger partial charge in [-0.05, 0) is 61.9 Å². The summed E-state index contributed by atoms with van der Waals surface area (Å²) in [5, 5.41) is 3.98. The number of benzene rings is 2. The molecule has 0 spiro atoms. The molecule has 0 aromatic heterocycles. The van der Waals surface area contributed by atoms with Gasteiger partial charge in [0, 0.05) is 17.3 Å². The van der Waals surface area contributed by atoms with E-state index in [1.54, 1.807) is 31.2 Å². The predicted octanol–water partition coefficient (Wildman–Crippen LogP) is 4.40. The van der Waals surface area contributed by atoms with Crippen molar-refractivity contribution >= 4 is 23.3 Å². The van der Waals surface area contributed by atoms with Gasteiger partial charge < -0.3 is 14.8 Å². The fraction of sp³-hybridized carbons (Fsp3) is 0.278. The largest absolute Gasteiger partial charge is 0.494 e. The van der Waals surface area contributed by atoms with Crippen LogP contribution in [-0.4, -0.2) is 25.7 Å². The maximum atomic E-state index is 11.5. The summed E-state index contributed by atoms with van der Waals surface area (Å²) in [6.07, 6.45) is 0.863. The molecule has 0 aliphatic carbocycles. The summed E-state index contributed by atoms with van der Waals surface area (Å²) < 4.78 is 10.6. The molecule has 0 radical (unpaired) electrons. The number of halogens is 1. The highest BCUT2D eigenvalue weighted by molar-refractivity contribution is 6.30. The van der Waals surface area contributed by atoms with Crippen molar-refractivity contribution in [2.75, 3.05) is 25.1 Å². The van der Waals surface area contributed by atoms with Gasteiger partial charge in [0.25, 0.3) is 0 Å². The van der Waals surface area contributed by atoms with Gasteiger partial charge in [-0.15, -0.1) is 0 Å². The number of rotatable bonds is 8. The molecule has 0 amide bonds. The number of carbonyl (C=O) groups excluding carboxylic acids is 1. The van der Waals surface area contributed by atoms with Crippen molar-refractivity contribution in [3.05, 3.63) is 59.1 Å². The van der Waals surface area contributed by atoms with Crippen LogP contribution in [0.3, 0.4) is 0 Å². The van der Waals surface area contributed by atoms with Crippen molar-refractivity contribution in [3.8, 4) is 5.75 Å². The molecule has 2 aromatic rings. The summed E-state index contributed by atoms with van der Waals surface area (Å²) >= 11 is 5.82. The van der Waals surface area contributed by atoms with E-state index in [1.807, 2.05) is 24.3 Å². The van der Waals surface area contributed by atoms with E-state index in [0.29, 0.717) is 23.8 Å². The minimum Gasteiger partial charge on any atom is -0.494 e. The molecule has 0 heterocycles. The van der Waals surface area contributed by atoms with E-state index in [9.17, 15) is 4.79 Å². The number of esters is 1. The van der Waals surface area contributed by atoms with Crippen molar-refractivity contribution in [1.29, 1.82) is 0 Å². The van der Waals surface area contributed by atoms with E-state index < -0.39 is 0 Å². The fourth-order valence-electron chi connectivity index (χ4n) is 1.96. The minimum absolute atomic E-state index is 0.296. The Balaban J connectivity index is 1.68. The fourth-order valence-corrected chi connectivity index (χ4v) is 2.09. The van der Waals surface area contributed by atoms with Gasteiger partial charge in [0.1, 0.15) is 5.75 Å². The van der Waals surface area contributed by atoms with Crippen LogP contribution in [0.25, 0.3) is 0 Å². The second kappa shape index (κ2) is 9.06. The van der Waals surface area contributed by atoms with E-state index in [1.165, 1.54) is 0 Å². The summed E-state index contributed by atoms with van der Waals surface area (Å²) in [4.78, 5) is 11.5. The van der Waals surface area contributed by atoms with Crippen molar-refractivity contribution in [2.45, 2.75) is 13.3 Å². The highest BCUT2D eigenvalue weighted by Crippen LogP contribution is 2.15. The lowest BCUT2D eigenvalue weighted by Crippen LogP contribution is -2.08. The maximum absolute atomic E-state index is 11.5. The molecule has 4 nitrogen and oxygen atoms in total. The maximum Gasteiger partial charge on any atom is 0.338 e. The van der Waals surface area contributed by atoms with E-state index in [4.69, 9.17) is 21.1 Å². The Labute approximate surface area is 141 Å². The lowest BCUT2D eigenvalue weighted by atomic mass is 10.2. The van der Waals surface area contributed by atoms with Crippen LogP contribution in [-0.2, 0) is 4.74 Å². The molecule has 0 unspecified atom stereocenters. The molecule has 0 fully saturated rings. The van der Waals surface area contributed by atoms with Crippen LogP contribution < -0.4 is 10.1 Å². The van der Waals surface area contributed by atoms with Gasteiger partial charge in [0.15, 0.2) is 0 Å². The first-order chi connectivity index (χ1) is 11.2. The Bertz CT molecular complexity index is 611. The van der Waals surface area contributed by atoms with E-state index >= 15 is 0 Å². The Kier molecular flexibility index (Phi) is 6.76. The molecular weight excluding hydrogens is 314 g/mol. The molecule has 0 bridgehead atoms. The Morgan fingerprint density at radius 3 is 2.43 bits per heavy atom. The summed E-state index contributed by atoms with van der Waals surface area (Å²) in [6, 6.07) is 14.6. The third kappa shape index (κ3) is 5.83. The van der Waals surface area contributed by atoms with Crippen LogP contribution >= 0.6 is 11.6 Å². The molecule has 2 rings (SSSR count). The van der Waals surface area contributed by atoms with Gasteiger partial charge in [-0.2, -0.15) is 0 Å². The van der Waals surface area contributed by atoms with Crippen molar-refractivity contribution in [2.24, 2.45) is 0 Å². The average molecular weight is 334 g/mol. The number of ether oxygens (including phenoxy) is 2. The highest BCUT2D eigenvalue weighted by atomic mass is 35.5. The predicted molar refractivity (Wildman–Crippen MR) is 92.5 cm³/mol. The topological polar surface area (TPSA) is 47.6 Å².